The molecule has 0 spiro atoms. The van der Waals surface area contributed by atoms with Crippen molar-refractivity contribution in [3.05, 3.63) is 70.2 Å². The van der Waals surface area contributed by atoms with Crippen molar-refractivity contribution in [2.45, 2.75) is 0 Å². The zero-order valence-electron chi connectivity index (χ0n) is 9.84. The van der Waals surface area contributed by atoms with Crippen LogP contribution in [0, 0.1) is 11.6 Å². The quantitative estimate of drug-likeness (QED) is 0.526. The van der Waals surface area contributed by atoms with E-state index in [1.54, 1.807) is 18.2 Å². The van der Waals surface area contributed by atoms with Crippen molar-refractivity contribution in [3.8, 4) is 0 Å². The van der Waals surface area contributed by atoms with Crippen molar-refractivity contribution in [3.63, 3.8) is 0 Å². The Morgan fingerprint density at radius 3 is 2.11 bits per heavy atom. The molecule has 0 unspecified atom stereocenters. The average Bonchev–Trinajstić information content (AvgIpc) is 2.37. The third-order valence-electron chi connectivity index (χ3n) is 2.59. The van der Waals surface area contributed by atoms with Gasteiger partial charge in [0.15, 0.2) is 0 Å². The smallest absolute Gasteiger partial charge is 0.126 e. The van der Waals surface area contributed by atoms with Gasteiger partial charge in [-0.05, 0) is 47.0 Å². The van der Waals surface area contributed by atoms with Gasteiger partial charge < -0.3 is 0 Å². The highest BCUT2D eigenvalue weighted by Gasteiger charge is 2.05. The predicted octanol–water partition coefficient (Wildman–Crippen LogP) is 5.40. The number of alkyl halides is 1. The second-order valence-corrected chi connectivity index (χ2v) is 4.72. The van der Waals surface area contributed by atoms with Crippen LogP contribution in [0.2, 0.25) is 5.02 Å². The summed E-state index contributed by atoms with van der Waals surface area (Å²) in [6, 6.07) is 10.4. The minimum Gasteiger partial charge on any atom is -0.207 e. The number of halogens is 4. The SMILES string of the molecule is Fc1cc(F)cc(/C(=C/c2ccc(Cl)cc2)CCl)c1. The van der Waals surface area contributed by atoms with E-state index in [0.29, 0.717) is 16.2 Å². The molecule has 0 aromatic heterocycles. The average molecular weight is 299 g/mol. The standard InChI is InChI=1S/C15H10Cl2F2/c16-9-12(5-10-1-3-13(17)4-2-10)11-6-14(18)8-15(19)7-11/h1-8H,9H2/b12-5+. The zero-order valence-corrected chi connectivity index (χ0v) is 11.3. The monoisotopic (exact) mass is 298 g/mol. The van der Waals surface area contributed by atoms with Gasteiger partial charge >= 0.3 is 0 Å². The van der Waals surface area contributed by atoms with Gasteiger partial charge in [-0.2, -0.15) is 0 Å². The van der Waals surface area contributed by atoms with Gasteiger partial charge in [0.05, 0.1) is 0 Å². The summed E-state index contributed by atoms with van der Waals surface area (Å²) in [5.74, 6) is -1.09. The fourth-order valence-corrected chi connectivity index (χ4v) is 2.06. The molecule has 0 aliphatic rings. The van der Waals surface area contributed by atoms with Crippen molar-refractivity contribution in [2.24, 2.45) is 0 Å². The van der Waals surface area contributed by atoms with E-state index in [-0.39, 0.29) is 5.88 Å². The summed E-state index contributed by atoms with van der Waals surface area (Å²) in [7, 11) is 0. The molecule has 0 saturated carbocycles. The molecule has 2 aromatic rings. The van der Waals surface area contributed by atoms with Gasteiger partial charge in [-0.25, -0.2) is 8.78 Å². The summed E-state index contributed by atoms with van der Waals surface area (Å²) < 4.78 is 26.4. The Balaban J connectivity index is 2.41. The first-order valence-corrected chi connectivity index (χ1v) is 6.48. The van der Waals surface area contributed by atoms with E-state index in [4.69, 9.17) is 23.2 Å². The van der Waals surface area contributed by atoms with Gasteiger partial charge in [-0.15, -0.1) is 11.6 Å². The molecule has 0 bridgehead atoms. The summed E-state index contributed by atoms with van der Waals surface area (Å²) >= 11 is 11.6. The van der Waals surface area contributed by atoms with E-state index >= 15 is 0 Å². The lowest BCUT2D eigenvalue weighted by Gasteiger charge is -2.05. The Hall–Kier alpha value is -1.38. The van der Waals surface area contributed by atoms with Crippen LogP contribution in [0.15, 0.2) is 42.5 Å². The lowest BCUT2D eigenvalue weighted by molar-refractivity contribution is 0.582. The fourth-order valence-electron chi connectivity index (χ4n) is 1.70. The molecule has 0 nitrogen and oxygen atoms in total. The number of hydrogen-bond acceptors (Lipinski definition) is 0. The second-order valence-electron chi connectivity index (χ2n) is 4.01. The van der Waals surface area contributed by atoms with Crippen LogP contribution in [0.5, 0.6) is 0 Å². The molecule has 0 aliphatic heterocycles. The Bertz CT molecular complexity index is 584. The van der Waals surface area contributed by atoms with Gasteiger partial charge in [0, 0.05) is 17.0 Å². The van der Waals surface area contributed by atoms with Crippen LogP contribution in [0.4, 0.5) is 8.78 Å². The van der Waals surface area contributed by atoms with E-state index in [1.165, 1.54) is 12.1 Å². The minimum absolute atomic E-state index is 0.158. The molecule has 0 atom stereocenters. The first-order valence-electron chi connectivity index (χ1n) is 5.57. The molecule has 19 heavy (non-hydrogen) atoms. The van der Waals surface area contributed by atoms with Gasteiger partial charge in [-0.3, -0.25) is 0 Å². The highest BCUT2D eigenvalue weighted by atomic mass is 35.5. The van der Waals surface area contributed by atoms with Crippen molar-refractivity contribution in [1.29, 1.82) is 0 Å². The Labute approximate surface area is 120 Å². The first-order chi connectivity index (χ1) is 9.08. The molecule has 0 N–H and O–H groups in total. The zero-order chi connectivity index (χ0) is 13.8. The fraction of sp³-hybridized carbons (Fsp3) is 0.0667. The van der Waals surface area contributed by atoms with Crippen molar-refractivity contribution in [2.75, 3.05) is 5.88 Å². The minimum atomic E-state index is -0.623. The highest BCUT2D eigenvalue weighted by molar-refractivity contribution is 6.30. The van der Waals surface area contributed by atoms with Crippen LogP contribution < -0.4 is 0 Å². The Kier molecular flexibility index (Phi) is 4.56. The van der Waals surface area contributed by atoms with Crippen molar-refractivity contribution in [1.82, 2.24) is 0 Å². The maximum Gasteiger partial charge on any atom is 0.126 e. The van der Waals surface area contributed by atoms with Crippen LogP contribution in [0.25, 0.3) is 11.6 Å². The summed E-state index contributed by atoms with van der Waals surface area (Å²) in [6.45, 7) is 0. The van der Waals surface area contributed by atoms with E-state index in [0.717, 1.165) is 11.6 Å². The molecule has 98 valence electrons. The van der Waals surface area contributed by atoms with Gasteiger partial charge in [0.1, 0.15) is 11.6 Å². The Morgan fingerprint density at radius 1 is 1.00 bits per heavy atom. The molecule has 0 amide bonds. The van der Waals surface area contributed by atoms with Crippen LogP contribution in [0.3, 0.4) is 0 Å². The third-order valence-corrected chi connectivity index (χ3v) is 3.13. The topological polar surface area (TPSA) is 0 Å². The van der Waals surface area contributed by atoms with E-state index in [2.05, 4.69) is 0 Å². The summed E-state index contributed by atoms with van der Waals surface area (Å²) in [5.41, 5.74) is 1.94. The predicted molar refractivity (Wildman–Crippen MR) is 76.4 cm³/mol. The number of hydrogen-bond donors (Lipinski definition) is 0. The first kappa shape index (κ1) is 14.0. The second kappa shape index (κ2) is 6.18. The number of allylic oxidation sites excluding steroid dienone is 1. The molecule has 4 heteroatoms. The largest absolute Gasteiger partial charge is 0.207 e. The van der Waals surface area contributed by atoms with E-state index < -0.39 is 11.6 Å². The molecule has 0 heterocycles. The Morgan fingerprint density at radius 2 is 1.58 bits per heavy atom. The summed E-state index contributed by atoms with van der Waals surface area (Å²) in [5, 5.41) is 0.626. The van der Waals surface area contributed by atoms with Crippen LogP contribution in [0.1, 0.15) is 11.1 Å². The highest BCUT2D eigenvalue weighted by Crippen LogP contribution is 2.22. The maximum absolute atomic E-state index is 13.2. The van der Waals surface area contributed by atoms with Crippen molar-refractivity contribution < 1.29 is 8.78 Å². The molecule has 2 aromatic carbocycles. The van der Waals surface area contributed by atoms with Crippen molar-refractivity contribution >= 4 is 34.9 Å². The molecule has 0 saturated heterocycles. The van der Waals surface area contributed by atoms with Gasteiger partial charge in [-0.1, -0.05) is 23.7 Å². The van der Waals surface area contributed by atoms with Gasteiger partial charge in [0.25, 0.3) is 0 Å². The number of rotatable bonds is 3. The summed E-state index contributed by atoms with van der Waals surface area (Å²) in [4.78, 5) is 0. The summed E-state index contributed by atoms with van der Waals surface area (Å²) in [6.07, 6.45) is 1.78. The molecule has 0 fully saturated rings. The molecular formula is C15H10Cl2F2. The van der Waals surface area contributed by atoms with E-state index in [9.17, 15) is 8.78 Å². The van der Waals surface area contributed by atoms with Gasteiger partial charge in [0.2, 0.25) is 0 Å². The van der Waals surface area contributed by atoms with Crippen LogP contribution in [-0.2, 0) is 0 Å². The molecule has 2 rings (SSSR count). The third kappa shape index (κ3) is 3.79. The van der Waals surface area contributed by atoms with E-state index in [1.807, 2.05) is 12.1 Å². The van der Waals surface area contributed by atoms with Crippen LogP contribution in [-0.4, -0.2) is 5.88 Å². The normalized spacial score (nSPS) is 11.7. The maximum atomic E-state index is 13.2. The number of benzene rings is 2. The molecule has 0 radical (unpaired) electrons. The molecule has 0 aliphatic carbocycles. The van der Waals surface area contributed by atoms with Crippen LogP contribution >= 0.6 is 23.2 Å². The lowest BCUT2D eigenvalue weighted by atomic mass is 10.0. The molecular weight excluding hydrogens is 289 g/mol. The lowest BCUT2D eigenvalue weighted by Crippen LogP contribution is -1.90.